The summed E-state index contributed by atoms with van der Waals surface area (Å²) in [6.45, 7) is 7.87. The van der Waals surface area contributed by atoms with E-state index in [1.165, 1.54) is 11.1 Å². The van der Waals surface area contributed by atoms with Crippen LogP contribution in [0.4, 0.5) is 0 Å². The number of hydrogen-bond acceptors (Lipinski definition) is 3. The SMILES string of the molecule is Cc1cnccc1CNCCCC(C)(C)C#N. The van der Waals surface area contributed by atoms with Crippen molar-refractivity contribution in [1.82, 2.24) is 10.3 Å². The second kappa shape index (κ2) is 6.36. The molecule has 3 heteroatoms. The lowest BCUT2D eigenvalue weighted by molar-refractivity contribution is 0.426. The van der Waals surface area contributed by atoms with Gasteiger partial charge in [0.1, 0.15) is 0 Å². The van der Waals surface area contributed by atoms with Crippen molar-refractivity contribution in [2.24, 2.45) is 5.41 Å². The lowest BCUT2D eigenvalue weighted by Gasteiger charge is -2.14. The highest BCUT2D eigenvalue weighted by molar-refractivity contribution is 5.21. The molecule has 1 N–H and O–H groups in total. The van der Waals surface area contributed by atoms with Crippen molar-refractivity contribution in [3.05, 3.63) is 29.6 Å². The first-order valence-corrected chi connectivity index (χ1v) is 6.06. The monoisotopic (exact) mass is 231 g/mol. The molecule has 0 aliphatic heterocycles. The van der Waals surface area contributed by atoms with Crippen LogP contribution < -0.4 is 5.32 Å². The highest BCUT2D eigenvalue weighted by Gasteiger charge is 2.15. The molecule has 92 valence electrons. The van der Waals surface area contributed by atoms with Crippen LogP contribution in [0.25, 0.3) is 0 Å². The summed E-state index contributed by atoms with van der Waals surface area (Å²) in [6.07, 6.45) is 5.68. The first kappa shape index (κ1) is 13.7. The summed E-state index contributed by atoms with van der Waals surface area (Å²) in [5.74, 6) is 0. The molecular weight excluding hydrogens is 210 g/mol. The maximum atomic E-state index is 8.89. The third-order valence-corrected chi connectivity index (χ3v) is 2.91. The van der Waals surface area contributed by atoms with E-state index in [1.54, 1.807) is 0 Å². The standard InChI is InChI=1S/C14H21N3/c1-12-9-17-8-5-13(12)10-16-7-4-6-14(2,3)11-15/h5,8-9,16H,4,6-7,10H2,1-3H3. The zero-order chi connectivity index (χ0) is 12.7. The van der Waals surface area contributed by atoms with Gasteiger partial charge in [-0.15, -0.1) is 0 Å². The molecule has 0 unspecified atom stereocenters. The molecule has 1 heterocycles. The molecule has 1 aromatic heterocycles. The Labute approximate surface area is 104 Å². The second-order valence-electron chi connectivity index (χ2n) is 5.08. The summed E-state index contributed by atoms with van der Waals surface area (Å²) in [6, 6.07) is 4.37. The van der Waals surface area contributed by atoms with Crippen LogP contribution in [0.2, 0.25) is 0 Å². The topological polar surface area (TPSA) is 48.7 Å². The molecule has 0 atom stereocenters. The molecule has 0 aromatic carbocycles. The summed E-state index contributed by atoms with van der Waals surface area (Å²) < 4.78 is 0. The second-order valence-corrected chi connectivity index (χ2v) is 5.08. The Morgan fingerprint density at radius 1 is 1.47 bits per heavy atom. The van der Waals surface area contributed by atoms with Crippen molar-refractivity contribution in [1.29, 1.82) is 5.26 Å². The Bertz CT molecular complexity index is 391. The molecular formula is C14H21N3. The smallest absolute Gasteiger partial charge is 0.0683 e. The fourth-order valence-corrected chi connectivity index (χ4v) is 1.63. The van der Waals surface area contributed by atoms with Crippen LogP contribution in [0.5, 0.6) is 0 Å². The summed E-state index contributed by atoms with van der Waals surface area (Å²) in [5, 5.41) is 12.3. The predicted octanol–water partition coefficient (Wildman–Crippen LogP) is 2.81. The van der Waals surface area contributed by atoms with Gasteiger partial charge in [-0.1, -0.05) is 0 Å². The third-order valence-electron chi connectivity index (χ3n) is 2.91. The summed E-state index contributed by atoms with van der Waals surface area (Å²) in [4.78, 5) is 4.07. The molecule has 0 bridgehead atoms. The van der Waals surface area contributed by atoms with E-state index in [0.717, 1.165) is 25.9 Å². The van der Waals surface area contributed by atoms with Gasteiger partial charge in [0.05, 0.1) is 11.5 Å². The van der Waals surface area contributed by atoms with E-state index in [0.29, 0.717) is 0 Å². The molecule has 0 saturated heterocycles. The number of nitrogens with zero attached hydrogens (tertiary/aromatic N) is 2. The largest absolute Gasteiger partial charge is 0.313 e. The summed E-state index contributed by atoms with van der Waals surface area (Å²) >= 11 is 0. The van der Waals surface area contributed by atoms with Crippen molar-refractivity contribution in [3.63, 3.8) is 0 Å². The van der Waals surface area contributed by atoms with Gasteiger partial charge < -0.3 is 5.32 Å². The highest BCUT2D eigenvalue weighted by atomic mass is 14.8. The maximum Gasteiger partial charge on any atom is 0.0683 e. The zero-order valence-corrected chi connectivity index (χ0v) is 11.0. The van der Waals surface area contributed by atoms with Gasteiger partial charge in [-0.2, -0.15) is 5.26 Å². The molecule has 0 amide bonds. The lowest BCUT2D eigenvalue weighted by Crippen LogP contribution is -2.18. The quantitative estimate of drug-likeness (QED) is 0.766. The maximum absolute atomic E-state index is 8.89. The molecule has 17 heavy (non-hydrogen) atoms. The van der Waals surface area contributed by atoms with Gasteiger partial charge in [-0.05, 0) is 57.4 Å². The molecule has 0 saturated carbocycles. The number of aromatic nitrogens is 1. The van der Waals surface area contributed by atoms with E-state index >= 15 is 0 Å². The molecule has 0 spiro atoms. The first-order chi connectivity index (χ1) is 8.05. The number of rotatable bonds is 6. The zero-order valence-electron chi connectivity index (χ0n) is 11.0. The first-order valence-electron chi connectivity index (χ1n) is 6.06. The number of aryl methyl sites for hydroxylation is 1. The van der Waals surface area contributed by atoms with Gasteiger partial charge in [0.25, 0.3) is 0 Å². The third kappa shape index (κ3) is 4.97. The Morgan fingerprint density at radius 2 is 2.24 bits per heavy atom. The van der Waals surface area contributed by atoms with Gasteiger partial charge in [-0.25, -0.2) is 0 Å². The average Bonchev–Trinajstić information content (AvgIpc) is 2.31. The van der Waals surface area contributed by atoms with E-state index in [1.807, 2.05) is 32.3 Å². The Morgan fingerprint density at radius 3 is 2.88 bits per heavy atom. The minimum atomic E-state index is -0.200. The predicted molar refractivity (Wildman–Crippen MR) is 69.3 cm³/mol. The number of pyridine rings is 1. The fourth-order valence-electron chi connectivity index (χ4n) is 1.63. The summed E-state index contributed by atoms with van der Waals surface area (Å²) in [7, 11) is 0. The van der Waals surface area contributed by atoms with E-state index in [9.17, 15) is 0 Å². The number of nitriles is 1. The number of hydrogen-bond donors (Lipinski definition) is 1. The van der Waals surface area contributed by atoms with Crippen LogP contribution in [0.3, 0.4) is 0 Å². The minimum absolute atomic E-state index is 0.200. The van der Waals surface area contributed by atoms with Crippen molar-refractivity contribution in [3.8, 4) is 6.07 Å². The molecule has 1 rings (SSSR count). The summed E-state index contributed by atoms with van der Waals surface area (Å²) in [5.41, 5.74) is 2.31. The van der Waals surface area contributed by atoms with Crippen LogP contribution in [0.15, 0.2) is 18.5 Å². The van der Waals surface area contributed by atoms with E-state index in [2.05, 4.69) is 23.3 Å². The van der Waals surface area contributed by atoms with Gasteiger partial charge in [0.2, 0.25) is 0 Å². The Kier molecular flexibility index (Phi) is 5.11. The van der Waals surface area contributed by atoms with Gasteiger partial charge >= 0.3 is 0 Å². The van der Waals surface area contributed by atoms with Gasteiger partial charge in [0.15, 0.2) is 0 Å². The van der Waals surface area contributed by atoms with E-state index in [4.69, 9.17) is 5.26 Å². The van der Waals surface area contributed by atoms with E-state index in [-0.39, 0.29) is 5.41 Å². The Hall–Kier alpha value is -1.40. The normalized spacial score (nSPS) is 11.2. The van der Waals surface area contributed by atoms with E-state index < -0.39 is 0 Å². The van der Waals surface area contributed by atoms with Gasteiger partial charge in [-0.3, -0.25) is 4.98 Å². The molecule has 3 nitrogen and oxygen atoms in total. The van der Waals surface area contributed by atoms with Crippen molar-refractivity contribution < 1.29 is 0 Å². The van der Waals surface area contributed by atoms with Crippen LogP contribution in [-0.4, -0.2) is 11.5 Å². The van der Waals surface area contributed by atoms with Crippen LogP contribution in [0.1, 0.15) is 37.8 Å². The average molecular weight is 231 g/mol. The van der Waals surface area contributed by atoms with Crippen molar-refractivity contribution in [2.75, 3.05) is 6.54 Å². The number of nitrogens with one attached hydrogen (secondary N) is 1. The lowest BCUT2D eigenvalue weighted by atomic mass is 9.90. The van der Waals surface area contributed by atoms with Crippen molar-refractivity contribution >= 4 is 0 Å². The Balaban J connectivity index is 2.22. The minimum Gasteiger partial charge on any atom is -0.313 e. The van der Waals surface area contributed by atoms with Crippen LogP contribution in [-0.2, 0) is 6.54 Å². The molecule has 0 radical (unpaired) electrons. The van der Waals surface area contributed by atoms with Crippen LogP contribution in [0, 0.1) is 23.7 Å². The highest BCUT2D eigenvalue weighted by Crippen LogP contribution is 2.19. The van der Waals surface area contributed by atoms with Gasteiger partial charge in [0, 0.05) is 18.9 Å². The van der Waals surface area contributed by atoms with Crippen molar-refractivity contribution in [2.45, 2.75) is 40.2 Å². The van der Waals surface area contributed by atoms with Crippen LogP contribution >= 0.6 is 0 Å². The molecule has 0 aliphatic carbocycles. The fraction of sp³-hybridized carbons (Fsp3) is 0.571. The molecule has 0 aliphatic rings. The molecule has 1 aromatic rings. The molecule has 0 fully saturated rings.